The standard InChI is InChI=1S/C30H39N5O5/c1-29(2,3)40-28(38)34-15-11-22(24(18-34)21-8-6-5-7-9-21)26(36)33-16-12-30(39,13-17-33)19-35-20-31-25-23(27(35)37)10-14-32(25)4/h5-10,14,20,22,24,39H,11-13,15-19H2,1-4H3/t22-,24+/m1/s1. The number of carbonyl (C=O) groups is 2. The van der Waals surface area contributed by atoms with Crippen molar-refractivity contribution < 1.29 is 19.4 Å². The molecule has 10 nitrogen and oxygen atoms in total. The van der Waals surface area contributed by atoms with Crippen molar-refractivity contribution in [3.63, 3.8) is 0 Å². The highest BCUT2D eigenvalue weighted by Crippen LogP contribution is 2.36. The van der Waals surface area contributed by atoms with Crippen molar-refractivity contribution in [3.05, 3.63) is 64.8 Å². The Morgan fingerprint density at radius 2 is 1.77 bits per heavy atom. The van der Waals surface area contributed by atoms with Crippen LogP contribution in [0.25, 0.3) is 11.0 Å². The number of piperidine rings is 2. The fourth-order valence-electron chi connectivity index (χ4n) is 5.92. The highest BCUT2D eigenvalue weighted by atomic mass is 16.6. The molecule has 0 aliphatic carbocycles. The van der Waals surface area contributed by atoms with Crippen molar-refractivity contribution in [2.75, 3.05) is 26.2 Å². The summed E-state index contributed by atoms with van der Waals surface area (Å²) in [5.41, 5.74) is -0.251. The highest BCUT2D eigenvalue weighted by Gasteiger charge is 2.42. The molecule has 0 unspecified atom stereocenters. The molecule has 5 rings (SSSR count). The Labute approximate surface area is 234 Å². The zero-order valence-electron chi connectivity index (χ0n) is 23.7. The Kier molecular flexibility index (Phi) is 7.48. The number of likely N-dealkylation sites (tertiary alicyclic amines) is 2. The Balaban J connectivity index is 1.27. The zero-order valence-corrected chi connectivity index (χ0v) is 23.7. The second-order valence-corrected chi connectivity index (χ2v) is 12.2. The number of nitrogens with zero attached hydrogens (tertiary/aromatic N) is 5. The predicted molar refractivity (Wildman–Crippen MR) is 151 cm³/mol. The molecule has 2 aliphatic heterocycles. The van der Waals surface area contributed by atoms with E-state index in [4.69, 9.17) is 4.74 Å². The summed E-state index contributed by atoms with van der Waals surface area (Å²) in [5.74, 6) is -0.387. The lowest BCUT2D eigenvalue weighted by molar-refractivity contribution is -0.142. The van der Waals surface area contributed by atoms with Crippen molar-refractivity contribution in [1.29, 1.82) is 0 Å². The van der Waals surface area contributed by atoms with Gasteiger partial charge in [-0.05, 0) is 51.7 Å². The number of aromatic nitrogens is 3. The van der Waals surface area contributed by atoms with E-state index in [2.05, 4.69) is 4.98 Å². The minimum Gasteiger partial charge on any atom is -0.444 e. The normalized spacial score (nSPS) is 21.4. The minimum absolute atomic E-state index is 0.0456. The lowest BCUT2D eigenvalue weighted by Crippen LogP contribution is -2.53. The quantitative estimate of drug-likeness (QED) is 0.536. The molecule has 2 saturated heterocycles. The molecule has 10 heteroatoms. The lowest BCUT2D eigenvalue weighted by Gasteiger charge is -2.43. The maximum Gasteiger partial charge on any atom is 0.410 e. The van der Waals surface area contributed by atoms with Gasteiger partial charge in [0.1, 0.15) is 17.6 Å². The first-order valence-electron chi connectivity index (χ1n) is 14.0. The van der Waals surface area contributed by atoms with Crippen LogP contribution >= 0.6 is 0 Å². The number of carbonyl (C=O) groups excluding carboxylic acids is 2. The van der Waals surface area contributed by atoms with Crippen LogP contribution in [0.5, 0.6) is 0 Å². The number of benzene rings is 1. The third kappa shape index (κ3) is 5.77. The van der Waals surface area contributed by atoms with Crippen molar-refractivity contribution in [1.82, 2.24) is 23.9 Å². The summed E-state index contributed by atoms with van der Waals surface area (Å²) in [6.45, 7) is 7.33. The van der Waals surface area contributed by atoms with Crippen LogP contribution in [0.2, 0.25) is 0 Å². The Bertz CT molecular complexity index is 1430. The first kappa shape index (κ1) is 27.9. The van der Waals surface area contributed by atoms with Gasteiger partial charge < -0.3 is 24.2 Å². The molecule has 0 spiro atoms. The van der Waals surface area contributed by atoms with Crippen molar-refractivity contribution in [3.8, 4) is 0 Å². The van der Waals surface area contributed by atoms with Crippen LogP contribution in [0.4, 0.5) is 4.79 Å². The van der Waals surface area contributed by atoms with Gasteiger partial charge in [0.15, 0.2) is 0 Å². The molecule has 2 aromatic heterocycles. The van der Waals surface area contributed by atoms with E-state index in [1.54, 1.807) is 21.7 Å². The smallest absolute Gasteiger partial charge is 0.410 e. The number of ether oxygens (including phenoxy) is 1. The summed E-state index contributed by atoms with van der Waals surface area (Å²) in [7, 11) is 1.84. The van der Waals surface area contributed by atoms with Crippen molar-refractivity contribution in [2.45, 2.75) is 63.7 Å². The number of rotatable bonds is 4. The minimum atomic E-state index is -1.11. The molecule has 2 atom stereocenters. The fourth-order valence-corrected chi connectivity index (χ4v) is 5.92. The van der Waals surface area contributed by atoms with Gasteiger partial charge in [0, 0.05) is 51.3 Å². The van der Waals surface area contributed by atoms with E-state index in [0.717, 1.165) is 5.56 Å². The van der Waals surface area contributed by atoms with E-state index in [1.807, 2.05) is 63.1 Å². The number of hydrogen-bond acceptors (Lipinski definition) is 6. The summed E-state index contributed by atoms with van der Waals surface area (Å²) in [4.78, 5) is 47.6. The molecule has 2 amide bonds. The average Bonchev–Trinajstić information content (AvgIpc) is 3.30. The van der Waals surface area contributed by atoms with Crippen LogP contribution in [0.3, 0.4) is 0 Å². The molecule has 0 bridgehead atoms. The first-order chi connectivity index (χ1) is 18.9. The largest absolute Gasteiger partial charge is 0.444 e. The molecule has 3 aromatic rings. The van der Waals surface area contributed by atoms with Gasteiger partial charge in [-0.1, -0.05) is 30.3 Å². The molecule has 1 N–H and O–H groups in total. The van der Waals surface area contributed by atoms with E-state index in [1.165, 1.54) is 10.9 Å². The lowest BCUT2D eigenvalue weighted by atomic mass is 9.79. The van der Waals surface area contributed by atoms with Gasteiger partial charge >= 0.3 is 6.09 Å². The fraction of sp³-hybridized carbons (Fsp3) is 0.533. The van der Waals surface area contributed by atoms with Crippen LogP contribution in [-0.2, 0) is 23.1 Å². The summed E-state index contributed by atoms with van der Waals surface area (Å²) in [5, 5.41) is 11.9. The van der Waals surface area contributed by atoms with Gasteiger partial charge in [-0.25, -0.2) is 9.78 Å². The molecule has 40 heavy (non-hydrogen) atoms. The SMILES string of the molecule is Cn1ccc2c(=O)n(CC3(O)CCN(C(=O)[C@@H]4CCN(C(=O)OC(C)(C)C)C[C@H]4c4ccccc4)CC3)cnc21. The summed E-state index contributed by atoms with van der Waals surface area (Å²) in [6, 6.07) is 11.6. The van der Waals surface area contributed by atoms with Gasteiger partial charge in [-0.3, -0.25) is 14.2 Å². The summed E-state index contributed by atoms with van der Waals surface area (Å²) < 4.78 is 8.87. The Morgan fingerprint density at radius 3 is 2.45 bits per heavy atom. The van der Waals surface area contributed by atoms with Gasteiger partial charge in [-0.2, -0.15) is 0 Å². The molecule has 2 aliphatic rings. The topological polar surface area (TPSA) is 110 Å². The molecule has 1 aromatic carbocycles. The third-order valence-corrected chi connectivity index (χ3v) is 8.13. The number of aryl methyl sites for hydroxylation is 1. The van der Waals surface area contributed by atoms with Crippen molar-refractivity contribution >= 4 is 23.0 Å². The number of amides is 2. The van der Waals surface area contributed by atoms with E-state index in [0.29, 0.717) is 56.5 Å². The first-order valence-corrected chi connectivity index (χ1v) is 14.0. The zero-order chi connectivity index (χ0) is 28.7. The maximum atomic E-state index is 13.9. The Hall–Kier alpha value is -3.66. The maximum absolute atomic E-state index is 13.9. The number of aliphatic hydroxyl groups is 1. The second kappa shape index (κ2) is 10.7. The van der Waals surface area contributed by atoms with Crippen LogP contribution in [-0.4, -0.2) is 78.4 Å². The van der Waals surface area contributed by atoms with E-state index >= 15 is 0 Å². The molecule has 0 saturated carbocycles. The van der Waals surface area contributed by atoms with E-state index in [9.17, 15) is 19.5 Å². The molecule has 2 fully saturated rings. The molecular formula is C30H39N5O5. The molecule has 214 valence electrons. The summed E-state index contributed by atoms with van der Waals surface area (Å²) in [6.07, 6.45) is 4.19. The summed E-state index contributed by atoms with van der Waals surface area (Å²) >= 11 is 0. The second-order valence-electron chi connectivity index (χ2n) is 12.2. The van der Waals surface area contributed by atoms with E-state index < -0.39 is 11.2 Å². The molecular weight excluding hydrogens is 510 g/mol. The average molecular weight is 550 g/mol. The van der Waals surface area contributed by atoms with E-state index in [-0.39, 0.29) is 35.9 Å². The van der Waals surface area contributed by atoms with Gasteiger partial charge in [-0.15, -0.1) is 0 Å². The van der Waals surface area contributed by atoms with Crippen LogP contribution in [0, 0.1) is 5.92 Å². The molecule has 0 radical (unpaired) electrons. The predicted octanol–water partition coefficient (Wildman–Crippen LogP) is 3.13. The molecule has 4 heterocycles. The third-order valence-electron chi connectivity index (χ3n) is 8.13. The van der Waals surface area contributed by atoms with Gasteiger partial charge in [0.05, 0.1) is 17.5 Å². The van der Waals surface area contributed by atoms with Gasteiger partial charge in [0.25, 0.3) is 5.56 Å². The van der Waals surface area contributed by atoms with Gasteiger partial charge in [0.2, 0.25) is 5.91 Å². The number of hydrogen-bond donors (Lipinski definition) is 1. The van der Waals surface area contributed by atoms with Crippen LogP contribution in [0.1, 0.15) is 51.5 Å². The van der Waals surface area contributed by atoms with Crippen molar-refractivity contribution in [2.24, 2.45) is 13.0 Å². The Morgan fingerprint density at radius 1 is 1.07 bits per heavy atom. The van der Waals surface area contributed by atoms with Crippen LogP contribution < -0.4 is 5.56 Å². The highest BCUT2D eigenvalue weighted by molar-refractivity contribution is 5.81. The monoisotopic (exact) mass is 549 g/mol. The number of fused-ring (bicyclic) bond motifs is 1. The van der Waals surface area contributed by atoms with Crippen LogP contribution in [0.15, 0.2) is 53.7 Å².